The molecule has 3 heteroatoms. The van der Waals surface area contributed by atoms with Crippen molar-refractivity contribution in [3.8, 4) is 0 Å². The summed E-state index contributed by atoms with van der Waals surface area (Å²) in [6.07, 6.45) is 2.23. The van der Waals surface area contributed by atoms with Crippen molar-refractivity contribution in [2.24, 2.45) is 5.92 Å². The molecule has 0 aliphatic heterocycles. The molecule has 1 aromatic carbocycles. The van der Waals surface area contributed by atoms with Gasteiger partial charge in [0.1, 0.15) is 0 Å². The summed E-state index contributed by atoms with van der Waals surface area (Å²) in [5, 5.41) is 12.9. The van der Waals surface area contributed by atoms with Crippen molar-refractivity contribution < 1.29 is 9.90 Å². The van der Waals surface area contributed by atoms with E-state index in [2.05, 4.69) is 19.2 Å². The van der Waals surface area contributed by atoms with Gasteiger partial charge in [-0.25, -0.2) is 0 Å². The fourth-order valence-corrected chi connectivity index (χ4v) is 2.34. The van der Waals surface area contributed by atoms with Gasteiger partial charge >= 0.3 is 0 Å². The number of aryl methyl sites for hydroxylation is 1. The average Bonchev–Trinajstić information content (AvgIpc) is 2.45. The summed E-state index contributed by atoms with van der Waals surface area (Å²) in [5.74, 6) is 0.157. The molecule has 3 nitrogen and oxygen atoms in total. The Morgan fingerprint density at radius 2 is 1.84 bits per heavy atom. The van der Waals surface area contributed by atoms with E-state index in [9.17, 15) is 9.90 Å². The highest BCUT2D eigenvalue weighted by Crippen LogP contribution is 2.13. The summed E-state index contributed by atoms with van der Waals surface area (Å²) in [5.41, 5.74) is 1.75. The maximum Gasteiger partial charge on any atom is 0.251 e. The zero-order valence-corrected chi connectivity index (χ0v) is 12.1. The van der Waals surface area contributed by atoms with E-state index in [0.717, 1.165) is 24.8 Å². The van der Waals surface area contributed by atoms with E-state index in [1.165, 1.54) is 0 Å². The molecule has 0 aliphatic carbocycles. The van der Waals surface area contributed by atoms with Crippen LogP contribution in [-0.4, -0.2) is 23.7 Å². The lowest BCUT2D eigenvalue weighted by Gasteiger charge is -2.20. The molecular formula is C16H25NO2. The summed E-state index contributed by atoms with van der Waals surface area (Å²) in [4.78, 5) is 12.1. The van der Waals surface area contributed by atoms with E-state index in [1.54, 1.807) is 0 Å². The molecule has 0 saturated carbocycles. The topological polar surface area (TPSA) is 49.3 Å². The highest BCUT2D eigenvalue weighted by atomic mass is 16.3. The van der Waals surface area contributed by atoms with Gasteiger partial charge in [-0.05, 0) is 24.0 Å². The first-order valence-corrected chi connectivity index (χ1v) is 7.18. The number of carbonyl (C=O) groups excluding carboxylic acids is 1. The minimum atomic E-state index is -0.465. The van der Waals surface area contributed by atoms with Crippen molar-refractivity contribution in [1.29, 1.82) is 0 Å². The molecule has 0 bridgehead atoms. The molecule has 0 spiro atoms. The third-order valence-corrected chi connectivity index (χ3v) is 3.71. The Hall–Kier alpha value is -1.35. The van der Waals surface area contributed by atoms with Crippen LogP contribution >= 0.6 is 0 Å². The maximum absolute atomic E-state index is 12.1. The van der Waals surface area contributed by atoms with Crippen molar-refractivity contribution in [1.82, 2.24) is 5.32 Å². The van der Waals surface area contributed by atoms with Gasteiger partial charge in [-0.3, -0.25) is 4.79 Å². The summed E-state index contributed by atoms with van der Waals surface area (Å²) in [7, 11) is 0. The molecule has 106 valence electrons. The average molecular weight is 263 g/mol. The van der Waals surface area contributed by atoms with Gasteiger partial charge in [0, 0.05) is 12.1 Å². The molecule has 0 heterocycles. The van der Waals surface area contributed by atoms with E-state index in [0.29, 0.717) is 12.1 Å². The second kappa shape index (κ2) is 7.95. The normalized spacial score (nSPS) is 12.5. The van der Waals surface area contributed by atoms with E-state index < -0.39 is 6.10 Å². The minimum Gasteiger partial charge on any atom is -0.391 e. The van der Waals surface area contributed by atoms with Gasteiger partial charge in [0.05, 0.1) is 6.10 Å². The number of aliphatic hydroxyl groups is 1. The summed E-state index contributed by atoms with van der Waals surface area (Å²) >= 11 is 0. The van der Waals surface area contributed by atoms with Gasteiger partial charge in [-0.15, -0.1) is 0 Å². The largest absolute Gasteiger partial charge is 0.391 e. The lowest BCUT2D eigenvalue weighted by Crippen LogP contribution is -2.36. The number of hydrogen-bond donors (Lipinski definition) is 2. The molecule has 2 N–H and O–H groups in total. The number of amides is 1. The van der Waals surface area contributed by atoms with E-state index in [-0.39, 0.29) is 11.8 Å². The smallest absolute Gasteiger partial charge is 0.251 e. The Kier molecular flexibility index (Phi) is 6.57. The Balaban J connectivity index is 2.60. The van der Waals surface area contributed by atoms with E-state index in [4.69, 9.17) is 0 Å². The highest BCUT2D eigenvalue weighted by molar-refractivity contribution is 5.95. The van der Waals surface area contributed by atoms with Crippen molar-refractivity contribution >= 4 is 5.91 Å². The van der Waals surface area contributed by atoms with Crippen molar-refractivity contribution in [3.05, 3.63) is 35.4 Å². The van der Waals surface area contributed by atoms with Crippen molar-refractivity contribution in [3.63, 3.8) is 0 Å². The van der Waals surface area contributed by atoms with Crippen LogP contribution in [0.1, 0.15) is 49.5 Å². The molecule has 0 aromatic heterocycles. The first kappa shape index (κ1) is 15.7. The first-order valence-electron chi connectivity index (χ1n) is 7.18. The van der Waals surface area contributed by atoms with Crippen LogP contribution in [0.5, 0.6) is 0 Å². The number of hydrogen-bond acceptors (Lipinski definition) is 2. The van der Waals surface area contributed by atoms with Crippen LogP contribution in [0.25, 0.3) is 0 Å². The maximum atomic E-state index is 12.1. The van der Waals surface area contributed by atoms with Crippen LogP contribution in [0.2, 0.25) is 0 Å². The number of rotatable bonds is 7. The Bertz CT molecular complexity index is 399. The molecular weight excluding hydrogens is 238 g/mol. The summed E-state index contributed by atoms with van der Waals surface area (Å²) in [6, 6.07) is 7.60. The summed E-state index contributed by atoms with van der Waals surface area (Å²) < 4.78 is 0. The third kappa shape index (κ3) is 4.35. The molecule has 1 aromatic rings. The fourth-order valence-electron chi connectivity index (χ4n) is 2.34. The molecule has 1 rings (SSSR count). The molecule has 0 fully saturated rings. The molecule has 0 saturated heterocycles. The van der Waals surface area contributed by atoms with Crippen LogP contribution in [0.15, 0.2) is 24.3 Å². The quantitative estimate of drug-likeness (QED) is 0.794. The van der Waals surface area contributed by atoms with Crippen LogP contribution in [0.4, 0.5) is 0 Å². The molecule has 0 aliphatic rings. The Labute approximate surface area is 116 Å². The van der Waals surface area contributed by atoms with Gasteiger partial charge in [-0.2, -0.15) is 0 Å². The lowest BCUT2D eigenvalue weighted by atomic mass is 9.96. The van der Waals surface area contributed by atoms with E-state index >= 15 is 0 Å². The van der Waals surface area contributed by atoms with Gasteiger partial charge in [0.2, 0.25) is 0 Å². The van der Waals surface area contributed by atoms with Crippen LogP contribution in [0, 0.1) is 5.92 Å². The van der Waals surface area contributed by atoms with Gasteiger partial charge in [-0.1, -0.05) is 51.8 Å². The molecule has 0 radical (unpaired) electrons. The zero-order chi connectivity index (χ0) is 14.3. The van der Waals surface area contributed by atoms with Gasteiger partial charge < -0.3 is 10.4 Å². The van der Waals surface area contributed by atoms with Gasteiger partial charge in [0.25, 0.3) is 5.91 Å². The lowest BCUT2D eigenvalue weighted by molar-refractivity contribution is 0.0816. The van der Waals surface area contributed by atoms with Crippen LogP contribution in [0.3, 0.4) is 0 Å². The number of aliphatic hydroxyl groups excluding tert-OH is 1. The summed E-state index contributed by atoms with van der Waals surface area (Å²) in [6.45, 7) is 6.48. The second-order valence-electron chi connectivity index (χ2n) is 4.86. The van der Waals surface area contributed by atoms with Crippen LogP contribution in [-0.2, 0) is 6.42 Å². The monoisotopic (exact) mass is 263 g/mol. The zero-order valence-electron chi connectivity index (χ0n) is 12.1. The Morgan fingerprint density at radius 1 is 1.21 bits per heavy atom. The fraction of sp³-hybridized carbons (Fsp3) is 0.562. The number of nitrogens with one attached hydrogen (secondary N) is 1. The van der Waals surface area contributed by atoms with Crippen LogP contribution < -0.4 is 5.32 Å². The predicted octanol–water partition coefficient (Wildman–Crippen LogP) is 2.78. The van der Waals surface area contributed by atoms with Crippen molar-refractivity contribution in [2.45, 2.75) is 46.1 Å². The third-order valence-electron chi connectivity index (χ3n) is 3.71. The number of benzene rings is 1. The second-order valence-corrected chi connectivity index (χ2v) is 4.86. The molecule has 19 heavy (non-hydrogen) atoms. The molecule has 1 amide bonds. The van der Waals surface area contributed by atoms with E-state index in [1.807, 2.05) is 31.2 Å². The molecule has 1 atom stereocenters. The Morgan fingerprint density at radius 3 is 2.42 bits per heavy atom. The van der Waals surface area contributed by atoms with Gasteiger partial charge in [0.15, 0.2) is 0 Å². The SMILES string of the molecule is CCc1ccccc1C(=O)NCC(O)C(CC)CC. The highest BCUT2D eigenvalue weighted by Gasteiger charge is 2.17. The minimum absolute atomic E-state index is 0.0949. The molecule has 1 unspecified atom stereocenters. The number of carbonyl (C=O) groups is 1. The standard InChI is InChI=1S/C16H25NO2/c1-4-12(5-2)15(18)11-17-16(19)14-10-8-7-9-13(14)6-3/h7-10,12,15,18H,4-6,11H2,1-3H3,(H,17,19). The van der Waals surface area contributed by atoms with Crippen molar-refractivity contribution in [2.75, 3.05) is 6.54 Å². The first-order chi connectivity index (χ1) is 9.13. The predicted molar refractivity (Wildman–Crippen MR) is 78.2 cm³/mol.